The molecule has 1 aliphatic rings. The van der Waals surface area contributed by atoms with Gasteiger partial charge in [0.15, 0.2) is 0 Å². The van der Waals surface area contributed by atoms with E-state index in [0.717, 1.165) is 23.2 Å². The van der Waals surface area contributed by atoms with Crippen molar-refractivity contribution in [2.75, 3.05) is 13.1 Å². The maximum Gasteiger partial charge on any atom is 0.247 e. The summed E-state index contributed by atoms with van der Waals surface area (Å²) in [4.78, 5) is 14.7. The van der Waals surface area contributed by atoms with E-state index in [9.17, 15) is 9.18 Å². The van der Waals surface area contributed by atoms with Crippen LogP contribution in [0.25, 0.3) is 0 Å². The summed E-state index contributed by atoms with van der Waals surface area (Å²) in [6.07, 6.45) is 2.69. The number of halogens is 1. The van der Waals surface area contributed by atoms with E-state index in [1.54, 1.807) is 12.1 Å². The average Bonchev–Trinajstić information content (AvgIpc) is 2.63. The fraction of sp³-hybridized carbons (Fsp3) is 0.286. The molecule has 1 N–H and O–H groups in total. The van der Waals surface area contributed by atoms with Gasteiger partial charge in [-0.2, -0.15) is 0 Å². The monoisotopic (exact) mass is 338 g/mol. The molecular formula is C21H23FN2O. The molecule has 3 nitrogen and oxygen atoms in total. The van der Waals surface area contributed by atoms with Gasteiger partial charge in [-0.05, 0) is 36.6 Å². The Morgan fingerprint density at radius 3 is 2.68 bits per heavy atom. The van der Waals surface area contributed by atoms with Gasteiger partial charge in [-0.25, -0.2) is 4.39 Å². The SMILES string of the molecule is C[C@@H](NC(=O)C1=CCN(Cc2cccc(F)c2)CC1)c1ccccc1. The molecule has 0 fully saturated rings. The molecule has 1 aliphatic heterocycles. The van der Waals surface area contributed by atoms with E-state index in [-0.39, 0.29) is 17.8 Å². The van der Waals surface area contributed by atoms with Crippen LogP contribution in [0.2, 0.25) is 0 Å². The van der Waals surface area contributed by atoms with Crippen molar-refractivity contribution in [1.82, 2.24) is 10.2 Å². The third kappa shape index (κ3) is 4.77. The number of benzene rings is 2. The largest absolute Gasteiger partial charge is 0.346 e. The molecule has 2 aromatic rings. The van der Waals surface area contributed by atoms with Gasteiger partial charge >= 0.3 is 0 Å². The number of carbonyl (C=O) groups excluding carboxylic acids is 1. The first-order valence-electron chi connectivity index (χ1n) is 8.63. The molecule has 0 aromatic heterocycles. The molecule has 0 bridgehead atoms. The lowest BCUT2D eigenvalue weighted by Gasteiger charge is -2.26. The van der Waals surface area contributed by atoms with Crippen molar-refractivity contribution in [2.24, 2.45) is 0 Å². The van der Waals surface area contributed by atoms with E-state index in [1.807, 2.05) is 49.4 Å². The van der Waals surface area contributed by atoms with Crippen LogP contribution in [0.1, 0.15) is 30.5 Å². The summed E-state index contributed by atoms with van der Waals surface area (Å²) < 4.78 is 13.3. The van der Waals surface area contributed by atoms with Gasteiger partial charge in [0.2, 0.25) is 5.91 Å². The van der Waals surface area contributed by atoms with Crippen molar-refractivity contribution in [1.29, 1.82) is 0 Å². The highest BCUT2D eigenvalue weighted by Gasteiger charge is 2.18. The number of hydrogen-bond acceptors (Lipinski definition) is 2. The van der Waals surface area contributed by atoms with Crippen LogP contribution in [0.3, 0.4) is 0 Å². The average molecular weight is 338 g/mol. The number of amides is 1. The molecule has 0 spiro atoms. The van der Waals surface area contributed by atoms with Crippen LogP contribution in [0.4, 0.5) is 4.39 Å². The van der Waals surface area contributed by atoms with Crippen LogP contribution in [0.5, 0.6) is 0 Å². The van der Waals surface area contributed by atoms with Crippen molar-refractivity contribution < 1.29 is 9.18 Å². The van der Waals surface area contributed by atoms with Crippen LogP contribution in [-0.2, 0) is 11.3 Å². The maximum atomic E-state index is 13.3. The zero-order valence-electron chi connectivity index (χ0n) is 14.4. The van der Waals surface area contributed by atoms with Crippen molar-refractivity contribution in [3.05, 3.63) is 83.2 Å². The van der Waals surface area contributed by atoms with E-state index >= 15 is 0 Å². The first kappa shape index (κ1) is 17.4. The van der Waals surface area contributed by atoms with Gasteiger partial charge in [0, 0.05) is 25.2 Å². The van der Waals surface area contributed by atoms with Crippen molar-refractivity contribution >= 4 is 5.91 Å². The third-order valence-electron chi connectivity index (χ3n) is 4.53. The fourth-order valence-corrected chi connectivity index (χ4v) is 3.07. The second-order valence-corrected chi connectivity index (χ2v) is 6.45. The zero-order valence-corrected chi connectivity index (χ0v) is 14.4. The molecule has 1 heterocycles. The Hall–Kier alpha value is -2.46. The Balaban J connectivity index is 1.54. The Bertz CT molecular complexity index is 758. The minimum atomic E-state index is -0.208. The standard InChI is InChI=1S/C21H23FN2O/c1-16(18-7-3-2-4-8-18)23-21(25)19-10-12-24(13-11-19)15-17-6-5-9-20(22)14-17/h2-10,14,16H,11-13,15H2,1H3,(H,23,25)/t16-/m1/s1. The number of hydrogen-bond donors (Lipinski definition) is 1. The van der Waals surface area contributed by atoms with Gasteiger partial charge in [-0.1, -0.05) is 48.5 Å². The molecular weight excluding hydrogens is 315 g/mol. The number of carbonyl (C=O) groups is 1. The summed E-state index contributed by atoms with van der Waals surface area (Å²) in [6.45, 7) is 4.20. The molecule has 2 aromatic carbocycles. The van der Waals surface area contributed by atoms with Crippen LogP contribution >= 0.6 is 0 Å². The summed E-state index contributed by atoms with van der Waals surface area (Å²) in [5, 5.41) is 3.06. The quantitative estimate of drug-likeness (QED) is 0.898. The van der Waals surface area contributed by atoms with Crippen LogP contribution in [-0.4, -0.2) is 23.9 Å². The lowest BCUT2D eigenvalue weighted by Crippen LogP contribution is -2.34. The number of nitrogens with one attached hydrogen (secondary N) is 1. The predicted molar refractivity (Wildman–Crippen MR) is 97.4 cm³/mol. The molecule has 1 atom stereocenters. The zero-order chi connectivity index (χ0) is 17.6. The van der Waals surface area contributed by atoms with Crippen molar-refractivity contribution in [3.8, 4) is 0 Å². The summed E-state index contributed by atoms with van der Waals surface area (Å²) >= 11 is 0. The molecule has 25 heavy (non-hydrogen) atoms. The van der Waals surface area contributed by atoms with Gasteiger partial charge in [-0.15, -0.1) is 0 Å². The minimum Gasteiger partial charge on any atom is -0.346 e. The lowest BCUT2D eigenvalue weighted by molar-refractivity contribution is -0.118. The van der Waals surface area contributed by atoms with Crippen LogP contribution < -0.4 is 5.32 Å². The summed E-state index contributed by atoms with van der Waals surface area (Å²) in [6, 6.07) is 16.6. The van der Waals surface area contributed by atoms with Gasteiger partial charge in [0.25, 0.3) is 0 Å². The second kappa shape index (κ2) is 8.08. The molecule has 4 heteroatoms. The van der Waals surface area contributed by atoms with Crippen LogP contribution in [0, 0.1) is 5.82 Å². The van der Waals surface area contributed by atoms with E-state index in [4.69, 9.17) is 0 Å². The van der Waals surface area contributed by atoms with E-state index in [2.05, 4.69) is 10.2 Å². The summed E-state index contributed by atoms with van der Waals surface area (Å²) in [7, 11) is 0. The Kier molecular flexibility index (Phi) is 5.61. The van der Waals surface area contributed by atoms with E-state index < -0.39 is 0 Å². The molecule has 0 unspecified atom stereocenters. The molecule has 0 saturated heterocycles. The highest BCUT2D eigenvalue weighted by atomic mass is 19.1. The van der Waals surface area contributed by atoms with Gasteiger partial charge in [0.1, 0.15) is 5.82 Å². The van der Waals surface area contributed by atoms with Crippen molar-refractivity contribution in [2.45, 2.75) is 25.9 Å². The highest BCUT2D eigenvalue weighted by Crippen LogP contribution is 2.17. The minimum absolute atomic E-state index is 0.00163. The predicted octanol–water partition coefficient (Wildman–Crippen LogP) is 3.84. The molecule has 1 amide bonds. The maximum absolute atomic E-state index is 13.3. The smallest absolute Gasteiger partial charge is 0.247 e. The van der Waals surface area contributed by atoms with E-state index in [1.165, 1.54) is 6.07 Å². The molecule has 0 radical (unpaired) electrons. The Morgan fingerprint density at radius 2 is 2.00 bits per heavy atom. The lowest BCUT2D eigenvalue weighted by atomic mass is 10.0. The van der Waals surface area contributed by atoms with Gasteiger partial charge in [0.05, 0.1) is 6.04 Å². The van der Waals surface area contributed by atoms with E-state index in [0.29, 0.717) is 19.5 Å². The van der Waals surface area contributed by atoms with Gasteiger partial charge < -0.3 is 5.32 Å². The Morgan fingerprint density at radius 1 is 1.20 bits per heavy atom. The Labute approximate surface area is 148 Å². The first-order valence-corrected chi connectivity index (χ1v) is 8.63. The molecule has 130 valence electrons. The normalized spacial score (nSPS) is 16.2. The summed E-state index contributed by atoms with van der Waals surface area (Å²) in [5.74, 6) is -0.207. The highest BCUT2D eigenvalue weighted by molar-refractivity contribution is 5.93. The van der Waals surface area contributed by atoms with Crippen molar-refractivity contribution in [3.63, 3.8) is 0 Å². The van der Waals surface area contributed by atoms with Crippen LogP contribution in [0.15, 0.2) is 66.2 Å². The number of nitrogens with zero attached hydrogens (tertiary/aromatic N) is 1. The molecule has 0 saturated carbocycles. The topological polar surface area (TPSA) is 32.3 Å². The molecule has 0 aliphatic carbocycles. The first-order chi connectivity index (χ1) is 12.1. The fourth-order valence-electron chi connectivity index (χ4n) is 3.07. The number of rotatable bonds is 5. The van der Waals surface area contributed by atoms with Gasteiger partial charge in [-0.3, -0.25) is 9.69 Å². The second-order valence-electron chi connectivity index (χ2n) is 6.45. The third-order valence-corrected chi connectivity index (χ3v) is 4.53. The summed E-state index contributed by atoms with van der Waals surface area (Å²) in [5.41, 5.74) is 2.89. The molecule has 3 rings (SSSR count).